The Morgan fingerprint density at radius 1 is 1.09 bits per heavy atom. The van der Waals surface area contributed by atoms with Gasteiger partial charge in [0, 0.05) is 31.1 Å². The summed E-state index contributed by atoms with van der Waals surface area (Å²) in [6.07, 6.45) is -0.596. The van der Waals surface area contributed by atoms with Gasteiger partial charge in [0.25, 0.3) is 17.7 Å². The molecule has 0 aliphatic carbocycles. The number of carbonyl (C=O) groups is 3. The molecule has 0 radical (unpaired) electrons. The summed E-state index contributed by atoms with van der Waals surface area (Å²) in [6.45, 7) is -0.343. The molecule has 3 N–H and O–H groups in total. The number of hydrogen-bond acceptors (Lipinski definition) is 9. The summed E-state index contributed by atoms with van der Waals surface area (Å²) in [5.41, 5.74) is 1.35. The number of benzene rings is 2. The molecule has 1 aliphatic rings. The van der Waals surface area contributed by atoms with Crippen molar-refractivity contribution >= 4 is 28.6 Å². The highest BCUT2D eigenvalue weighted by atomic mass is 19.3. The summed E-state index contributed by atoms with van der Waals surface area (Å²) in [7, 11) is 6.87. The van der Waals surface area contributed by atoms with Crippen molar-refractivity contribution in [3.8, 4) is 17.2 Å². The SMILES string of the molecule is COc1ccc(CNC(=O)C(O)[C@@H]2CC(F)(F)CN2C(=O)CNC(=O)c2ccnc3ccc(OCCCN(C)C)cc23)cc1OC. The highest BCUT2D eigenvalue weighted by molar-refractivity contribution is 6.07. The topological polar surface area (TPSA) is 143 Å². The van der Waals surface area contributed by atoms with E-state index in [1.54, 1.807) is 36.4 Å². The standard InChI is InChI=1S/C32H39F2N5O7/c1-38(2)12-5-13-46-21-7-8-24-23(15-21)22(10-11-35-24)30(42)37-18-28(40)39-19-32(33,34)16-25(39)29(41)31(43)36-17-20-6-9-26(44-3)27(14-20)45-4/h6-11,14-15,25,29,41H,5,12-13,16-19H2,1-4H3,(H,36,43)(H,37,42)/t25-,29?/m0/s1. The van der Waals surface area contributed by atoms with Crippen LogP contribution in [0.5, 0.6) is 17.2 Å². The molecule has 0 spiro atoms. The van der Waals surface area contributed by atoms with Crippen LogP contribution in [0.4, 0.5) is 8.78 Å². The van der Waals surface area contributed by atoms with E-state index in [1.165, 1.54) is 26.5 Å². The van der Waals surface area contributed by atoms with Gasteiger partial charge in [-0.2, -0.15) is 0 Å². The summed E-state index contributed by atoms with van der Waals surface area (Å²) in [4.78, 5) is 46.1. The molecule has 2 heterocycles. The van der Waals surface area contributed by atoms with E-state index in [4.69, 9.17) is 14.2 Å². The third-order valence-electron chi connectivity index (χ3n) is 7.55. The Labute approximate surface area is 265 Å². The number of aliphatic hydroxyl groups excluding tert-OH is 1. The Morgan fingerprint density at radius 3 is 2.57 bits per heavy atom. The van der Waals surface area contributed by atoms with E-state index < -0.39 is 55.3 Å². The van der Waals surface area contributed by atoms with Crippen molar-refractivity contribution in [3.63, 3.8) is 0 Å². The lowest BCUT2D eigenvalue weighted by molar-refractivity contribution is -0.139. The number of nitrogens with one attached hydrogen (secondary N) is 2. The van der Waals surface area contributed by atoms with Crippen molar-refractivity contribution < 1.29 is 42.5 Å². The van der Waals surface area contributed by atoms with Crippen LogP contribution in [0.1, 0.15) is 28.8 Å². The smallest absolute Gasteiger partial charge is 0.267 e. The number of aromatic nitrogens is 1. The minimum absolute atomic E-state index is 0.0356. The number of rotatable bonds is 14. The first-order valence-electron chi connectivity index (χ1n) is 14.7. The van der Waals surface area contributed by atoms with Crippen molar-refractivity contribution in [1.29, 1.82) is 0 Å². The van der Waals surface area contributed by atoms with Crippen LogP contribution in [0.3, 0.4) is 0 Å². The van der Waals surface area contributed by atoms with Gasteiger partial charge >= 0.3 is 0 Å². The molecule has 1 fully saturated rings. The number of amides is 3. The van der Waals surface area contributed by atoms with Gasteiger partial charge in [-0.3, -0.25) is 19.4 Å². The molecule has 3 amide bonds. The van der Waals surface area contributed by atoms with Gasteiger partial charge < -0.3 is 39.8 Å². The fraction of sp³-hybridized carbons (Fsp3) is 0.438. The molecule has 12 nitrogen and oxygen atoms in total. The van der Waals surface area contributed by atoms with Crippen molar-refractivity contribution in [1.82, 2.24) is 25.4 Å². The molecule has 14 heteroatoms. The van der Waals surface area contributed by atoms with Gasteiger partial charge in [0.05, 0.1) is 51.0 Å². The zero-order chi connectivity index (χ0) is 33.4. The van der Waals surface area contributed by atoms with Crippen LogP contribution in [0, 0.1) is 0 Å². The number of hydrogen-bond donors (Lipinski definition) is 3. The number of likely N-dealkylation sites (tertiary alicyclic amines) is 1. The van der Waals surface area contributed by atoms with Gasteiger partial charge in [0.1, 0.15) is 5.75 Å². The predicted octanol–water partition coefficient (Wildman–Crippen LogP) is 2.23. The molecule has 46 heavy (non-hydrogen) atoms. The molecule has 1 saturated heterocycles. The molecule has 1 aromatic heterocycles. The number of carbonyl (C=O) groups excluding carboxylic acids is 3. The zero-order valence-electron chi connectivity index (χ0n) is 26.2. The Hall–Kier alpha value is -4.56. The fourth-order valence-electron chi connectivity index (χ4n) is 5.20. The van der Waals surface area contributed by atoms with Gasteiger partial charge in [0.2, 0.25) is 5.91 Å². The Kier molecular flexibility index (Phi) is 11.3. The minimum atomic E-state index is -3.33. The Balaban J connectivity index is 1.39. The van der Waals surface area contributed by atoms with E-state index in [9.17, 15) is 28.3 Å². The fourth-order valence-corrected chi connectivity index (χ4v) is 5.20. The first kappa shape index (κ1) is 34.3. The van der Waals surface area contributed by atoms with Crippen LogP contribution >= 0.6 is 0 Å². The van der Waals surface area contributed by atoms with Crippen LogP contribution in [-0.4, -0.2) is 110 Å². The molecule has 1 unspecified atom stereocenters. The van der Waals surface area contributed by atoms with E-state index in [0.29, 0.717) is 40.3 Å². The third kappa shape index (κ3) is 8.57. The summed E-state index contributed by atoms with van der Waals surface area (Å²) >= 11 is 0. The number of halogens is 2. The van der Waals surface area contributed by atoms with E-state index >= 15 is 0 Å². The zero-order valence-corrected chi connectivity index (χ0v) is 26.2. The maximum absolute atomic E-state index is 14.5. The molecule has 4 rings (SSSR count). The third-order valence-corrected chi connectivity index (χ3v) is 7.55. The second kappa shape index (κ2) is 15.1. The first-order valence-corrected chi connectivity index (χ1v) is 14.7. The number of pyridine rings is 1. The maximum atomic E-state index is 14.5. The second-order valence-electron chi connectivity index (χ2n) is 11.2. The van der Waals surface area contributed by atoms with E-state index in [2.05, 4.69) is 15.6 Å². The van der Waals surface area contributed by atoms with Crippen LogP contribution in [0.25, 0.3) is 10.9 Å². The molecule has 1 aliphatic heterocycles. The average molecular weight is 644 g/mol. The van der Waals surface area contributed by atoms with Crippen LogP contribution in [0.15, 0.2) is 48.7 Å². The van der Waals surface area contributed by atoms with Crippen LogP contribution in [0.2, 0.25) is 0 Å². The largest absolute Gasteiger partial charge is 0.494 e. The minimum Gasteiger partial charge on any atom is -0.494 e. The normalized spacial score (nSPS) is 16.3. The molecular formula is C32H39F2N5O7. The highest BCUT2D eigenvalue weighted by Crippen LogP contribution is 2.34. The quantitative estimate of drug-likeness (QED) is 0.226. The van der Waals surface area contributed by atoms with Gasteiger partial charge in [-0.25, -0.2) is 8.78 Å². The van der Waals surface area contributed by atoms with E-state index in [-0.39, 0.29) is 12.1 Å². The van der Waals surface area contributed by atoms with Gasteiger partial charge in [-0.05, 0) is 62.5 Å². The van der Waals surface area contributed by atoms with Crippen molar-refractivity contribution in [2.75, 3.05) is 54.6 Å². The summed E-state index contributed by atoms with van der Waals surface area (Å²) in [6, 6.07) is 10.1. The van der Waals surface area contributed by atoms with Crippen molar-refractivity contribution in [2.45, 2.75) is 37.5 Å². The lowest BCUT2D eigenvalue weighted by Crippen LogP contribution is -2.51. The number of methoxy groups -OCH3 is 2. The van der Waals surface area contributed by atoms with Gasteiger partial charge in [-0.15, -0.1) is 0 Å². The summed E-state index contributed by atoms with van der Waals surface area (Å²) in [5.74, 6) is -4.31. The number of ether oxygens (including phenoxy) is 3. The Bertz CT molecular complexity index is 1550. The molecular weight excluding hydrogens is 604 g/mol. The monoisotopic (exact) mass is 643 g/mol. The molecule has 2 atom stereocenters. The highest BCUT2D eigenvalue weighted by Gasteiger charge is 2.51. The lowest BCUT2D eigenvalue weighted by Gasteiger charge is -2.27. The van der Waals surface area contributed by atoms with E-state index in [0.717, 1.165) is 17.9 Å². The molecule has 2 aromatic carbocycles. The predicted molar refractivity (Wildman–Crippen MR) is 165 cm³/mol. The molecule has 248 valence electrons. The van der Waals surface area contributed by atoms with E-state index in [1.807, 2.05) is 19.0 Å². The number of nitrogens with zero attached hydrogens (tertiary/aromatic N) is 3. The molecule has 0 saturated carbocycles. The average Bonchev–Trinajstić information content (AvgIpc) is 3.38. The summed E-state index contributed by atoms with van der Waals surface area (Å²) in [5, 5.41) is 16.2. The second-order valence-corrected chi connectivity index (χ2v) is 11.2. The lowest BCUT2D eigenvalue weighted by atomic mass is 10.1. The van der Waals surface area contributed by atoms with Crippen LogP contribution in [-0.2, 0) is 16.1 Å². The number of fused-ring (bicyclic) bond motifs is 1. The molecule has 0 bridgehead atoms. The summed E-state index contributed by atoms with van der Waals surface area (Å²) < 4.78 is 45.2. The van der Waals surface area contributed by atoms with Gasteiger partial charge in [-0.1, -0.05) is 6.07 Å². The maximum Gasteiger partial charge on any atom is 0.267 e. The number of aliphatic hydroxyl groups is 1. The van der Waals surface area contributed by atoms with Gasteiger partial charge in [0.15, 0.2) is 17.6 Å². The van der Waals surface area contributed by atoms with Crippen molar-refractivity contribution in [2.24, 2.45) is 0 Å². The number of alkyl halides is 2. The Morgan fingerprint density at radius 2 is 1.85 bits per heavy atom. The molecule has 3 aromatic rings. The van der Waals surface area contributed by atoms with Crippen molar-refractivity contribution in [3.05, 3.63) is 59.8 Å². The first-order chi connectivity index (χ1) is 21.9. The van der Waals surface area contributed by atoms with Crippen LogP contribution < -0.4 is 24.8 Å².